The SMILES string of the molecule is O=C1C=C(C(=O)O)C(C=C2SC(=S)N(c3cccc(C(F)(F)F)c3)C2=O)=CC1. The van der Waals surface area contributed by atoms with E-state index in [1.807, 2.05) is 0 Å². The number of carboxylic acid groups (broad SMARTS) is 1. The van der Waals surface area contributed by atoms with Gasteiger partial charge in [-0.2, -0.15) is 13.2 Å². The minimum Gasteiger partial charge on any atom is -0.478 e. The van der Waals surface area contributed by atoms with E-state index in [0.717, 1.165) is 34.9 Å². The number of carbonyl (C=O) groups is 3. The molecule has 0 bridgehead atoms. The highest BCUT2D eigenvalue weighted by atomic mass is 32.2. The number of allylic oxidation sites excluding steroid dienone is 3. The fourth-order valence-electron chi connectivity index (χ4n) is 2.60. The van der Waals surface area contributed by atoms with Crippen molar-refractivity contribution in [2.24, 2.45) is 0 Å². The molecule has 0 unspecified atom stereocenters. The molecule has 1 aromatic rings. The monoisotopic (exact) mass is 425 g/mol. The van der Waals surface area contributed by atoms with Gasteiger partial charge in [0.25, 0.3) is 5.91 Å². The molecule has 1 N–H and O–H groups in total. The van der Waals surface area contributed by atoms with Gasteiger partial charge in [0, 0.05) is 6.42 Å². The Bertz CT molecular complexity index is 1010. The van der Waals surface area contributed by atoms with E-state index >= 15 is 0 Å². The Balaban J connectivity index is 1.95. The van der Waals surface area contributed by atoms with Crippen LogP contribution in [0.1, 0.15) is 12.0 Å². The van der Waals surface area contributed by atoms with Crippen molar-refractivity contribution in [3.05, 3.63) is 64.1 Å². The van der Waals surface area contributed by atoms with Gasteiger partial charge in [-0.1, -0.05) is 36.1 Å². The Labute approximate surface area is 166 Å². The number of hydrogen-bond donors (Lipinski definition) is 1. The summed E-state index contributed by atoms with van der Waals surface area (Å²) in [6.07, 6.45) is -0.965. The number of aliphatic carboxylic acids is 1. The van der Waals surface area contributed by atoms with Crippen LogP contribution in [-0.2, 0) is 20.6 Å². The lowest BCUT2D eigenvalue weighted by atomic mass is 9.96. The number of hydrogen-bond acceptors (Lipinski definition) is 5. The van der Waals surface area contributed by atoms with Crippen molar-refractivity contribution in [1.29, 1.82) is 0 Å². The number of nitrogens with zero attached hydrogens (tertiary/aromatic N) is 1. The molecule has 10 heteroatoms. The van der Waals surface area contributed by atoms with Gasteiger partial charge in [-0.3, -0.25) is 14.5 Å². The third-order valence-corrected chi connectivity index (χ3v) is 5.18. The number of rotatable bonds is 3. The van der Waals surface area contributed by atoms with Gasteiger partial charge in [0.05, 0.1) is 21.7 Å². The van der Waals surface area contributed by atoms with Crippen molar-refractivity contribution in [3.8, 4) is 0 Å². The molecule has 1 aromatic carbocycles. The fraction of sp³-hybridized carbons (Fsp3) is 0.111. The molecule has 1 saturated heterocycles. The zero-order valence-corrected chi connectivity index (χ0v) is 15.5. The molecule has 144 valence electrons. The predicted octanol–water partition coefficient (Wildman–Crippen LogP) is 3.86. The average molecular weight is 425 g/mol. The van der Waals surface area contributed by atoms with Crippen molar-refractivity contribution >= 4 is 51.6 Å². The molecule has 2 aliphatic rings. The molecule has 0 radical (unpaired) electrons. The van der Waals surface area contributed by atoms with Gasteiger partial charge in [-0.25, -0.2) is 4.79 Å². The van der Waals surface area contributed by atoms with Crippen LogP contribution < -0.4 is 4.90 Å². The molecular weight excluding hydrogens is 415 g/mol. The van der Waals surface area contributed by atoms with Gasteiger partial charge in [0.2, 0.25) is 0 Å². The number of anilines is 1. The molecule has 0 saturated carbocycles. The van der Waals surface area contributed by atoms with Crippen LogP contribution in [0.4, 0.5) is 18.9 Å². The molecule has 0 aromatic heterocycles. The van der Waals surface area contributed by atoms with E-state index in [4.69, 9.17) is 12.2 Å². The van der Waals surface area contributed by atoms with E-state index in [2.05, 4.69) is 0 Å². The number of benzene rings is 1. The standard InChI is InChI=1S/C18H10F3NO4S2/c19-18(20,21)10-2-1-3-11(7-10)22-15(24)14(28-17(22)27)6-9-4-5-12(23)8-13(9)16(25)26/h1-4,6-8H,5H2,(H,25,26). The molecule has 1 amide bonds. The first-order chi connectivity index (χ1) is 13.1. The number of alkyl halides is 3. The van der Waals surface area contributed by atoms with Crippen LogP contribution in [0.3, 0.4) is 0 Å². The average Bonchev–Trinajstić information content (AvgIpc) is 2.89. The molecular formula is C18H10F3NO4S2. The summed E-state index contributed by atoms with van der Waals surface area (Å²) < 4.78 is 38.8. The number of amides is 1. The Kier molecular flexibility index (Phi) is 5.26. The molecule has 28 heavy (non-hydrogen) atoms. The van der Waals surface area contributed by atoms with E-state index in [0.29, 0.717) is 0 Å². The summed E-state index contributed by atoms with van der Waals surface area (Å²) in [7, 11) is 0. The molecule has 1 aliphatic carbocycles. The maximum atomic E-state index is 12.9. The summed E-state index contributed by atoms with van der Waals surface area (Å²) in [6, 6.07) is 4.19. The van der Waals surface area contributed by atoms with Gasteiger partial charge in [0.1, 0.15) is 0 Å². The summed E-state index contributed by atoms with van der Waals surface area (Å²) >= 11 is 5.96. The first-order valence-electron chi connectivity index (χ1n) is 7.71. The van der Waals surface area contributed by atoms with Crippen molar-refractivity contribution in [3.63, 3.8) is 0 Å². The first kappa shape index (κ1) is 20.0. The number of thiocarbonyl (C=S) groups is 1. The lowest BCUT2D eigenvalue weighted by Crippen LogP contribution is -2.27. The van der Waals surface area contributed by atoms with Crippen molar-refractivity contribution < 1.29 is 32.7 Å². The topological polar surface area (TPSA) is 74.7 Å². The quantitative estimate of drug-likeness (QED) is 0.586. The highest BCUT2D eigenvalue weighted by Gasteiger charge is 2.36. The van der Waals surface area contributed by atoms with Crippen molar-refractivity contribution in [2.75, 3.05) is 4.90 Å². The second-order valence-corrected chi connectivity index (χ2v) is 7.43. The fourth-order valence-corrected chi connectivity index (χ4v) is 3.89. The van der Waals surface area contributed by atoms with Gasteiger partial charge in [-0.15, -0.1) is 0 Å². The number of halogens is 3. The molecule has 1 fully saturated rings. The number of ketones is 1. The summed E-state index contributed by atoms with van der Waals surface area (Å²) in [6.45, 7) is 0. The van der Waals surface area contributed by atoms with Gasteiger partial charge >= 0.3 is 12.1 Å². The van der Waals surface area contributed by atoms with E-state index in [-0.39, 0.29) is 38.3 Å². The van der Waals surface area contributed by atoms with Crippen LogP contribution in [0.25, 0.3) is 0 Å². The summed E-state index contributed by atoms with van der Waals surface area (Å²) in [5.41, 5.74) is -1.06. The summed E-state index contributed by atoms with van der Waals surface area (Å²) in [5.74, 6) is -2.38. The molecule has 1 heterocycles. The molecule has 5 nitrogen and oxygen atoms in total. The van der Waals surface area contributed by atoms with E-state index < -0.39 is 23.6 Å². The second-order valence-electron chi connectivity index (χ2n) is 5.76. The van der Waals surface area contributed by atoms with Crippen LogP contribution in [0.15, 0.2) is 58.5 Å². The smallest absolute Gasteiger partial charge is 0.416 e. The third-order valence-electron chi connectivity index (χ3n) is 3.88. The highest BCUT2D eigenvalue weighted by molar-refractivity contribution is 8.27. The van der Waals surface area contributed by atoms with Crippen LogP contribution >= 0.6 is 24.0 Å². The Hall–Kier alpha value is -2.72. The summed E-state index contributed by atoms with van der Waals surface area (Å²) in [4.78, 5) is 36.5. The molecule has 0 atom stereocenters. The zero-order chi connectivity index (χ0) is 20.6. The van der Waals surface area contributed by atoms with Crippen LogP contribution in [-0.4, -0.2) is 27.1 Å². The number of carboxylic acids is 1. The minimum absolute atomic E-state index is 0.0173. The molecule has 0 spiro atoms. The van der Waals surface area contributed by atoms with Gasteiger partial charge in [0.15, 0.2) is 10.1 Å². The third kappa shape index (κ3) is 3.92. The summed E-state index contributed by atoms with van der Waals surface area (Å²) in [5, 5.41) is 9.23. The maximum Gasteiger partial charge on any atom is 0.416 e. The zero-order valence-electron chi connectivity index (χ0n) is 13.8. The maximum absolute atomic E-state index is 12.9. The Morgan fingerprint density at radius 2 is 2.00 bits per heavy atom. The second kappa shape index (κ2) is 7.36. The van der Waals surface area contributed by atoms with Crippen LogP contribution in [0.2, 0.25) is 0 Å². The Morgan fingerprint density at radius 1 is 1.29 bits per heavy atom. The predicted molar refractivity (Wildman–Crippen MR) is 101 cm³/mol. The highest BCUT2D eigenvalue weighted by Crippen LogP contribution is 2.38. The minimum atomic E-state index is -4.58. The lowest BCUT2D eigenvalue weighted by Gasteiger charge is -2.16. The largest absolute Gasteiger partial charge is 0.478 e. The van der Waals surface area contributed by atoms with Gasteiger partial charge < -0.3 is 5.11 Å². The lowest BCUT2D eigenvalue weighted by molar-refractivity contribution is -0.137. The molecule has 1 aliphatic heterocycles. The number of carbonyl (C=O) groups excluding carboxylic acids is 2. The van der Waals surface area contributed by atoms with Crippen molar-refractivity contribution in [1.82, 2.24) is 0 Å². The first-order valence-corrected chi connectivity index (χ1v) is 8.94. The van der Waals surface area contributed by atoms with E-state index in [9.17, 15) is 32.7 Å². The number of thioether (sulfide) groups is 1. The van der Waals surface area contributed by atoms with Crippen LogP contribution in [0.5, 0.6) is 0 Å². The molecule has 3 rings (SSSR count). The van der Waals surface area contributed by atoms with E-state index in [1.54, 1.807) is 0 Å². The van der Waals surface area contributed by atoms with Gasteiger partial charge in [-0.05, 0) is 35.9 Å². The normalized spacial score (nSPS) is 19.2. The Morgan fingerprint density at radius 3 is 2.64 bits per heavy atom. The van der Waals surface area contributed by atoms with Crippen molar-refractivity contribution in [2.45, 2.75) is 12.6 Å². The van der Waals surface area contributed by atoms with Crippen LogP contribution in [0, 0.1) is 0 Å². The van der Waals surface area contributed by atoms with E-state index in [1.165, 1.54) is 24.3 Å².